The maximum Gasteiger partial charge on any atom is 0.130 e. The normalized spacial score (nSPS) is 24.7. The molecule has 3 aromatic rings. The number of anilines is 1. The van der Waals surface area contributed by atoms with Crippen LogP contribution in [0.15, 0.2) is 30.6 Å². The Morgan fingerprint density at radius 3 is 2.66 bits per heavy atom. The van der Waals surface area contributed by atoms with Crippen molar-refractivity contribution in [1.82, 2.24) is 24.6 Å². The van der Waals surface area contributed by atoms with Crippen molar-refractivity contribution in [3.8, 4) is 11.3 Å². The third kappa shape index (κ3) is 2.83. The number of likely N-dealkylation sites (N-methyl/N-ethyl adjacent to an activating group) is 1. The smallest absolute Gasteiger partial charge is 0.130 e. The van der Waals surface area contributed by atoms with Gasteiger partial charge in [-0.15, -0.1) is 0 Å². The van der Waals surface area contributed by atoms with Gasteiger partial charge < -0.3 is 14.5 Å². The van der Waals surface area contributed by atoms with E-state index in [-0.39, 0.29) is 0 Å². The highest BCUT2D eigenvalue weighted by molar-refractivity contribution is 5.84. The van der Waals surface area contributed by atoms with Crippen LogP contribution >= 0.6 is 0 Å². The van der Waals surface area contributed by atoms with Gasteiger partial charge >= 0.3 is 0 Å². The van der Waals surface area contributed by atoms with Crippen LogP contribution in [-0.4, -0.2) is 71.1 Å². The van der Waals surface area contributed by atoms with Crippen LogP contribution in [0.5, 0.6) is 0 Å². The summed E-state index contributed by atoms with van der Waals surface area (Å²) in [6, 6.07) is 6.55. The molecule has 0 saturated carbocycles. The van der Waals surface area contributed by atoms with Crippen molar-refractivity contribution in [3.63, 3.8) is 0 Å². The number of morpholine rings is 1. The minimum absolute atomic E-state index is 0.291. The zero-order valence-electron chi connectivity index (χ0n) is 16.8. The molecule has 7 nitrogen and oxygen atoms in total. The van der Waals surface area contributed by atoms with E-state index < -0.39 is 0 Å². The van der Waals surface area contributed by atoms with Gasteiger partial charge in [-0.3, -0.25) is 9.67 Å². The van der Waals surface area contributed by atoms with E-state index >= 15 is 0 Å². The molecule has 2 saturated heterocycles. The molecule has 7 heteroatoms. The molecule has 1 spiro atoms. The van der Waals surface area contributed by atoms with Gasteiger partial charge in [0.1, 0.15) is 5.82 Å². The van der Waals surface area contributed by atoms with Crippen LogP contribution in [0.25, 0.3) is 22.2 Å². The molecule has 29 heavy (non-hydrogen) atoms. The molecule has 3 aromatic heterocycles. The Morgan fingerprint density at radius 1 is 0.966 bits per heavy atom. The predicted octanol–water partition coefficient (Wildman–Crippen LogP) is 2.31. The van der Waals surface area contributed by atoms with E-state index in [1.807, 2.05) is 12.4 Å². The van der Waals surface area contributed by atoms with Gasteiger partial charge in [-0.1, -0.05) is 0 Å². The van der Waals surface area contributed by atoms with E-state index in [0.29, 0.717) is 5.41 Å². The third-order valence-electron chi connectivity index (χ3n) is 6.85. The highest BCUT2D eigenvalue weighted by Gasteiger charge is 2.44. The minimum atomic E-state index is 0.291. The van der Waals surface area contributed by atoms with Crippen molar-refractivity contribution in [2.24, 2.45) is 0 Å². The van der Waals surface area contributed by atoms with E-state index in [2.05, 4.69) is 44.7 Å². The number of hydrogen-bond donors (Lipinski definition) is 0. The minimum Gasteiger partial charge on any atom is -0.378 e. The van der Waals surface area contributed by atoms with Crippen molar-refractivity contribution in [3.05, 3.63) is 36.3 Å². The number of hydrogen-bond acceptors (Lipinski definition) is 6. The molecule has 150 valence electrons. The lowest BCUT2D eigenvalue weighted by molar-refractivity contribution is 0.122. The molecule has 2 fully saturated rings. The average molecular weight is 390 g/mol. The summed E-state index contributed by atoms with van der Waals surface area (Å²) in [6.45, 7) is 6.62. The van der Waals surface area contributed by atoms with Crippen LogP contribution in [0.1, 0.15) is 18.5 Å². The monoisotopic (exact) mass is 390 g/mol. The molecule has 0 aromatic carbocycles. The second kappa shape index (κ2) is 6.50. The Kier molecular flexibility index (Phi) is 3.89. The van der Waals surface area contributed by atoms with Crippen LogP contribution in [-0.2, 0) is 16.7 Å². The summed E-state index contributed by atoms with van der Waals surface area (Å²) in [5.41, 5.74) is 4.77. The fourth-order valence-corrected chi connectivity index (χ4v) is 5.21. The van der Waals surface area contributed by atoms with Gasteiger partial charge in [-0.05, 0) is 38.6 Å². The summed E-state index contributed by atoms with van der Waals surface area (Å²) in [5.74, 6) is 0.981. The van der Waals surface area contributed by atoms with Crippen LogP contribution in [0.3, 0.4) is 0 Å². The lowest BCUT2D eigenvalue weighted by Gasteiger charge is -2.27. The zero-order valence-corrected chi connectivity index (χ0v) is 16.8. The van der Waals surface area contributed by atoms with Gasteiger partial charge in [-0.2, -0.15) is 5.10 Å². The molecule has 6 rings (SSSR count). The third-order valence-corrected chi connectivity index (χ3v) is 6.85. The van der Waals surface area contributed by atoms with Gasteiger partial charge in [0.15, 0.2) is 0 Å². The second-order valence-corrected chi connectivity index (χ2v) is 8.71. The van der Waals surface area contributed by atoms with E-state index in [1.54, 1.807) is 0 Å². The van der Waals surface area contributed by atoms with Crippen molar-refractivity contribution in [1.29, 1.82) is 0 Å². The van der Waals surface area contributed by atoms with Gasteiger partial charge in [0.05, 0.1) is 24.4 Å². The van der Waals surface area contributed by atoms with E-state index in [9.17, 15) is 0 Å². The maximum absolute atomic E-state index is 5.44. The molecular weight excluding hydrogens is 364 g/mol. The summed E-state index contributed by atoms with van der Waals surface area (Å²) in [7, 11) is 2.22. The maximum atomic E-state index is 5.44. The van der Waals surface area contributed by atoms with Crippen LogP contribution in [0.4, 0.5) is 5.82 Å². The lowest BCUT2D eigenvalue weighted by atomic mass is 9.82. The molecule has 0 N–H and O–H groups in total. The fraction of sp³-hybridized carbons (Fsp3) is 0.500. The topological polar surface area (TPSA) is 59.3 Å². The van der Waals surface area contributed by atoms with Crippen LogP contribution < -0.4 is 4.90 Å². The highest BCUT2D eigenvalue weighted by atomic mass is 16.5. The number of ether oxygens (including phenoxy) is 1. The van der Waals surface area contributed by atoms with Gasteiger partial charge in [-0.25, -0.2) is 4.98 Å². The number of nitrogens with zero attached hydrogens (tertiary/aromatic N) is 6. The SMILES string of the molecule is CN1CCC2(CCn3nc(-c4cnc5cc(N6CCOCC6)ncc5c4)cc32)C1. The molecule has 0 radical (unpaired) electrons. The van der Waals surface area contributed by atoms with Crippen molar-refractivity contribution in [2.75, 3.05) is 51.3 Å². The summed E-state index contributed by atoms with van der Waals surface area (Å²) in [6.07, 6.45) is 6.34. The number of aromatic nitrogens is 4. The number of aryl methyl sites for hydroxylation is 1. The average Bonchev–Trinajstić information content (AvgIpc) is 3.44. The number of pyridine rings is 2. The summed E-state index contributed by atoms with van der Waals surface area (Å²) < 4.78 is 7.66. The van der Waals surface area contributed by atoms with Crippen molar-refractivity contribution >= 4 is 16.7 Å². The quantitative estimate of drug-likeness (QED) is 0.669. The number of likely N-dealkylation sites (tertiary alicyclic amines) is 1. The summed E-state index contributed by atoms with van der Waals surface area (Å²) >= 11 is 0. The molecular formula is C22H26N6O. The molecule has 3 aliphatic rings. The molecule has 1 unspecified atom stereocenters. The largest absolute Gasteiger partial charge is 0.378 e. The standard InChI is InChI=1S/C22H26N6O/c1-26-4-2-22(15-26)3-5-28-20(22)11-19(25-28)17-10-16-14-24-21(12-18(16)23-13-17)27-6-8-29-9-7-27/h10-14H,2-9,15H2,1H3. The zero-order chi connectivity index (χ0) is 19.4. The van der Waals surface area contributed by atoms with Crippen molar-refractivity contribution in [2.45, 2.75) is 24.8 Å². The van der Waals surface area contributed by atoms with Crippen LogP contribution in [0.2, 0.25) is 0 Å². The van der Waals surface area contributed by atoms with Crippen molar-refractivity contribution < 1.29 is 4.74 Å². The first-order valence-electron chi connectivity index (χ1n) is 10.6. The number of fused-ring (bicyclic) bond motifs is 3. The Bertz CT molecular complexity index is 1070. The number of rotatable bonds is 2. The van der Waals surface area contributed by atoms with Gasteiger partial charge in [0.25, 0.3) is 0 Å². The molecule has 0 aliphatic carbocycles. The van der Waals surface area contributed by atoms with E-state index in [1.165, 1.54) is 25.1 Å². The molecule has 6 heterocycles. The van der Waals surface area contributed by atoms with E-state index in [0.717, 1.165) is 67.4 Å². The second-order valence-electron chi connectivity index (χ2n) is 8.71. The first-order valence-corrected chi connectivity index (χ1v) is 10.6. The highest BCUT2D eigenvalue weighted by Crippen LogP contribution is 2.43. The molecule has 0 bridgehead atoms. The molecule has 1 atom stereocenters. The molecule has 0 amide bonds. The fourth-order valence-electron chi connectivity index (χ4n) is 5.21. The Hall–Kier alpha value is -2.51. The first-order chi connectivity index (χ1) is 14.2. The summed E-state index contributed by atoms with van der Waals surface area (Å²) in [5, 5.41) is 5.98. The van der Waals surface area contributed by atoms with Crippen LogP contribution in [0, 0.1) is 0 Å². The molecule has 3 aliphatic heterocycles. The van der Waals surface area contributed by atoms with Gasteiger partial charge in [0, 0.05) is 66.7 Å². The Balaban J connectivity index is 1.32. The Labute approximate surface area is 170 Å². The summed E-state index contributed by atoms with van der Waals surface area (Å²) in [4.78, 5) is 14.1. The lowest BCUT2D eigenvalue weighted by Crippen LogP contribution is -2.36. The van der Waals surface area contributed by atoms with Gasteiger partial charge in [0.2, 0.25) is 0 Å². The van der Waals surface area contributed by atoms with E-state index in [4.69, 9.17) is 14.8 Å². The predicted molar refractivity (Wildman–Crippen MR) is 112 cm³/mol. The first kappa shape index (κ1) is 17.4. The Morgan fingerprint density at radius 2 is 1.83 bits per heavy atom.